The molecule has 0 radical (unpaired) electrons. The molecule has 0 aliphatic heterocycles. The molecule has 0 bridgehead atoms. The monoisotopic (exact) mass is 401 g/mol. The Labute approximate surface area is 155 Å². The predicted octanol–water partition coefficient (Wildman–Crippen LogP) is 3.26. The molecular formula is C16H21F2N5O3S. The molecule has 0 fully saturated rings. The standard InChI is InChI=1S/C16H21F2N5O3S/c1-11-9-12(6-7-13(11)18)20-16(21-24)15-14(22-26-23-15)5-3-2-4-8-27(19,25)10-17/h6-7,9,19,24H,2-5,8,10H2,1H3,(H,20,21). The fourth-order valence-electron chi connectivity index (χ4n) is 2.37. The van der Waals surface area contributed by atoms with Gasteiger partial charge in [0.1, 0.15) is 11.5 Å². The summed E-state index contributed by atoms with van der Waals surface area (Å²) in [5.74, 6) is -0.341. The molecule has 27 heavy (non-hydrogen) atoms. The van der Waals surface area contributed by atoms with E-state index in [9.17, 15) is 18.2 Å². The van der Waals surface area contributed by atoms with E-state index in [1.165, 1.54) is 18.2 Å². The van der Waals surface area contributed by atoms with Crippen molar-refractivity contribution in [3.05, 3.63) is 41.0 Å². The molecule has 0 saturated carbocycles. The van der Waals surface area contributed by atoms with E-state index in [0.29, 0.717) is 42.6 Å². The highest BCUT2D eigenvalue weighted by Crippen LogP contribution is 2.18. The summed E-state index contributed by atoms with van der Waals surface area (Å²) < 4.78 is 49.0. The summed E-state index contributed by atoms with van der Waals surface area (Å²) in [6, 6.07) is 3.11. The molecule has 1 heterocycles. The highest BCUT2D eigenvalue weighted by Gasteiger charge is 2.16. The summed E-state index contributed by atoms with van der Waals surface area (Å²) in [6.45, 7) is 1.60. The molecule has 8 nitrogen and oxygen atoms in total. The van der Waals surface area contributed by atoms with Gasteiger partial charge in [-0.05, 0) is 55.1 Å². The Morgan fingerprint density at radius 2 is 2.15 bits per heavy atom. The number of aliphatic imine (C=N–C) groups is 1. The number of amidine groups is 1. The normalized spacial score (nSPS) is 14.1. The smallest absolute Gasteiger partial charge is 0.181 e. The first-order valence-corrected chi connectivity index (χ1v) is 10.1. The molecule has 0 amide bonds. The van der Waals surface area contributed by atoms with Crippen molar-refractivity contribution in [3.63, 3.8) is 0 Å². The van der Waals surface area contributed by atoms with Crippen molar-refractivity contribution in [2.75, 3.05) is 11.8 Å². The highest BCUT2D eigenvalue weighted by atomic mass is 32.2. The van der Waals surface area contributed by atoms with Crippen LogP contribution in [-0.2, 0) is 16.1 Å². The summed E-state index contributed by atoms with van der Waals surface area (Å²) in [5, 5.41) is 16.9. The largest absolute Gasteiger partial charge is 0.290 e. The number of unbranched alkanes of at least 4 members (excludes halogenated alkanes) is 2. The van der Waals surface area contributed by atoms with E-state index in [-0.39, 0.29) is 23.1 Å². The lowest BCUT2D eigenvalue weighted by molar-refractivity contribution is 0.234. The van der Waals surface area contributed by atoms with Crippen molar-refractivity contribution in [3.8, 4) is 0 Å². The van der Waals surface area contributed by atoms with Gasteiger partial charge in [0.25, 0.3) is 0 Å². The maximum absolute atomic E-state index is 13.4. The van der Waals surface area contributed by atoms with Gasteiger partial charge in [0.2, 0.25) is 0 Å². The lowest BCUT2D eigenvalue weighted by Crippen LogP contribution is -2.22. The molecule has 1 atom stereocenters. The van der Waals surface area contributed by atoms with Crippen molar-refractivity contribution in [1.82, 2.24) is 15.8 Å². The van der Waals surface area contributed by atoms with E-state index in [2.05, 4.69) is 15.3 Å². The number of aromatic nitrogens is 2. The summed E-state index contributed by atoms with van der Waals surface area (Å²) in [4.78, 5) is 4.19. The number of benzene rings is 1. The molecule has 1 aromatic carbocycles. The Morgan fingerprint density at radius 3 is 2.81 bits per heavy atom. The second kappa shape index (κ2) is 9.51. The zero-order chi connectivity index (χ0) is 19.9. The first kappa shape index (κ1) is 20.9. The fraction of sp³-hybridized carbons (Fsp3) is 0.438. The van der Waals surface area contributed by atoms with Crippen LogP contribution < -0.4 is 5.48 Å². The van der Waals surface area contributed by atoms with Crippen LogP contribution in [-0.4, -0.2) is 37.3 Å². The van der Waals surface area contributed by atoms with Gasteiger partial charge in [0, 0.05) is 5.75 Å². The van der Waals surface area contributed by atoms with Gasteiger partial charge < -0.3 is 0 Å². The average molecular weight is 401 g/mol. The Bertz CT molecular complexity index is 899. The third-order valence-corrected chi connectivity index (χ3v) is 5.13. The van der Waals surface area contributed by atoms with Crippen LogP contribution in [0.5, 0.6) is 0 Å². The lowest BCUT2D eigenvalue weighted by Gasteiger charge is -2.05. The van der Waals surface area contributed by atoms with Crippen LogP contribution in [0.15, 0.2) is 27.8 Å². The minimum atomic E-state index is -3.12. The Balaban J connectivity index is 2.03. The van der Waals surface area contributed by atoms with Crippen LogP contribution in [0.3, 0.4) is 0 Å². The van der Waals surface area contributed by atoms with E-state index in [4.69, 9.17) is 9.41 Å². The molecule has 3 N–H and O–H groups in total. The van der Waals surface area contributed by atoms with Crippen LogP contribution in [0, 0.1) is 17.5 Å². The van der Waals surface area contributed by atoms with Crippen molar-refractivity contribution in [1.29, 1.82) is 4.78 Å². The quantitative estimate of drug-likeness (QED) is 0.256. The first-order valence-electron chi connectivity index (χ1n) is 8.23. The van der Waals surface area contributed by atoms with Crippen LogP contribution in [0.2, 0.25) is 0 Å². The van der Waals surface area contributed by atoms with Crippen LogP contribution in [0.25, 0.3) is 0 Å². The maximum atomic E-state index is 13.4. The summed E-state index contributed by atoms with van der Waals surface area (Å²) in [6.07, 6.45) is 2.15. The van der Waals surface area contributed by atoms with Gasteiger partial charge in [-0.15, -0.1) is 0 Å². The number of halogens is 2. The lowest BCUT2D eigenvalue weighted by atomic mass is 10.1. The SMILES string of the molecule is Cc1cc(N=C(NO)c2nonc2CCCCCS(=N)(=O)CF)ccc1F. The average Bonchev–Trinajstić information content (AvgIpc) is 3.10. The summed E-state index contributed by atoms with van der Waals surface area (Å²) in [5.41, 5.74) is 3.43. The van der Waals surface area contributed by atoms with E-state index in [1.807, 2.05) is 5.48 Å². The molecule has 1 unspecified atom stereocenters. The van der Waals surface area contributed by atoms with Crippen molar-refractivity contribution in [2.45, 2.75) is 32.6 Å². The molecule has 0 aliphatic rings. The molecule has 2 aromatic rings. The molecule has 0 spiro atoms. The van der Waals surface area contributed by atoms with Crippen LogP contribution in [0.4, 0.5) is 14.5 Å². The Hall–Kier alpha value is -2.40. The van der Waals surface area contributed by atoms with Gasteiger partial charge in [-0.2, -0.15) is 0 Å². The third-order valence-electron chi connectivity index (χ3n) is 3.83. The molecule has 0 aliphatic carbocycles. The number of hydrogen-bond donors (Lipinski definition) is 3. The van der Waals surface area contributed by atoms with E-state index >= 15 is 0 Å². The van der Waals surface area contributed by atoms with Gasteiger partial charge in [0.15, 0.2) is 17.5 Å². The zero-order valence-electron chi connectivity index (χ0n) is 14.7. The number of alkyl halides is 1. The van der Waals surface area contributed by atoms with Gasteiger partial charge in [-0.3, -0.25) is 15.5 Å². The molecule has 11 heteroatoms. The topological polar surface area (TPSA) is 124 Å². The molecule has 1 aromatic heterocycles. The van der Waals surface area contributed by atoms with E-state index < -0.39 is 15.7 Å². The van der Waals surface area contributed by atoms with Gasteiger partial charge in [-0.1, -0.05) is 11.6 Å². The molecule has 148 valence electrons. The molecular weight excluding hydrogens is 380 g/mol. The number of rotatable bonds is 9. The van der Waals surface area contributed by atoms with Crippen molar-refractivity contribution in [2.24, 2.45) is 4.99 Å². The number of hydrogen-bond acceptors (Lipinski definition) is 7. The second-order valence-electron chi connectivity index (χ2n) is 6.00. The van der Waals surface area contributed by atoms with Gasteiger partial charge in [-0.25, -0.2) is 22.6 Å². The fourth-order valence-corrected chi connectivity index (χ4v) is 3.15. The van der Waals surface area contributed by atoms with Gasteiger partial charge >= 0.3 is 0 Å². The van der Waals surface area contributed by atoms with Crippen LogP contribution in [0.1, 0.15) is 36.2 Å². The van der Waals surface area contributed by atoms with E-state index in [1.54, 1.807) is 6.92 Å². The van der Waals surface area contributed by atoms with Crippen molar-refractivity contribution >= 4 is 21.3 Å². The minimum Gasteiger partial charge on any atom is -0.290 e. The summed E-state index contributed by atoms with van der Waals surface area (Å²) >= 11 is 0. The number of nitrogens with one attached hydrogen (secondary N) is 2. The minimum absolute atomic E-state index is 0.00358. The Kier molecular flexibility index (Phi) is 7.36. The third kappa shape index (κ3) is 6.07. The van der Waals surface area contributed by atoms with Crippen molar-refractivity contribution < 1.29 is 22.8 Å². The molecule has 0 saturated heterocycles. The maximum Gasteiger partial charge on any atom is 0.181 e. The highest BCUT2D eigenvalue weighted by molar-refractivity contribution is 7.92. The second-order valence-corrected chi connectivity index (χ2v) is 8.25. The first-order chi connectivity index (χ1) is 12.9. The van der Waals surface area contributed by atoms with E-state index in [0.717, 1.165) is 0 Å². The molecule has 2 rings (SSSR count). The predicted molar refractivity (Wildman–Crippen MR) is 95.8 cm³/mol. The number of hydroxylamine groups is 1. The number of nitrogens with zero attached hydrogens (tertiary/aromatic N) is 3. The summed E-state index contributed by atoms with van der Waals surface area (Å²) in [7, 11) is -3.12. The van der Waals surface area contributed by atoms with Gasteiger partial charge in [0.05, 0.1) is 15.4 Å². The number of aryl methyl sites for hydroxylation is 2. The zero-order valence-corrected chi connectivity index (χ0v) is 15.6. The Morgan fingerprint density at radius 1 is 1.37 bits per heavy atom. The van der Waals surface area contributed by atoms with Crippen LogP contribution >= 0.6 is 0 Å².